The fourth-order valence-corrected chi connectivity index (χ4v) is 4.15. The summed E-state index contributed by atoms with van der Waals surface area (Å²) >= 11 is 3.03. The van der Waals surface area contributed by atoms with Crippen LogP contribution < -0.4 is 10.6 Å². The first-order valence-electron chi connectivity index (χ1n) is 8.18. The van der Waals surface area contributed by atoms with E-state index in [4.69, 9.17) is 4.74 Å². The first-order chi connectivity index (χ1) is 11.9. The summed E-state index contributed by atoms with van der Waals surface area (Å²) in [6, 6.07) is 3.97. The maximum atomic E-state index is 12.2. The van der Waals surface area contributed by atoms with Crippen molar-refractivity contribution in [3.8, 4) is 10.6 Å². The second kappa shape index (κ2) is 9.07. The Morgan fingerprint density at radius 3 is 2.68 bits per heavy atom. The molecule has 2 rings (SSSR count). The average Bonchev–Trinajstić information content (AvgIpc) is 3.16. The van der Waals surface area contributed by atoms with Crippen molar-refractivity contribution in [1.82, 2.24) is 10.3 Å². The van der Waals surface area contributed by atoms with Crippen LogP contribution in [0.5, 0.6) is 0 Å². The van der Waals surface area contributed by atoms with Gasteiger partial charge in [0.15, 0.2) is 5.13 Å². The molecule has 0 aromatic carbocycles. The molecule has 25 heavy (non-hydrogen) atoms. The number of rotatable bonds is 8. The number of carbonyl (C=O) groups is 2. The molecule has 2 aromatic heterocycles. The summed E-state index contributed by atoms with van der Waals surface area (Å²) in [6.45, 7) is 8.28. The molecule has 1 unspecified atom stereocenters. The first kappa shape index (κ1) is 19.6. The molecule has 6 nitrogen and oxygen atoms in total. The van der Waals surface area contributed by atoms with Crippen molar-refractivity contribution in [1.29, 1.82) is 0 Å². The Morgan fingerprint density at radius 2 is 2.04 bits per heavy atom. The van der Waals surface area contributed by atoms with Crippen molar-refractivity contribution in [2.45, 2.75) is 46.8 Å². The summed E-state index contributed by atoms with van der Waals surface area (Å²) < 4.78 is 5.43. The average molecular weight is 382 g/mol. The minimum Gasteiger partial charge on any atom is -0.369 e. The van der Waals surface area contributed by atoms with Gasteiger partial charge in [0.2, 0.25) is 5.91 Å². The van der Waals surface area contributed by atoms with Gasteiger partial charge in [0.1, 0.15) is 6.10 Å². The van der Waals surface area contributed by atoms with Gasteiger partial charge in [-0.25, -0.2) is 4.98 Å². The maximum Gasteiger partial charge on any atom is 0.255 e. The molecule has 2 N–H and O–H groups in total. The predicted molar refractivity (Wildman–Crippen MR) is 102 cm³/mol. The first-order valence-corrected chi connectivity index (χ1v) is 9.81. The third-order valence-corrected chi connectivity index (χ3v) is 5.44. The van der Waals surface area contributed by atoms with Crippen LogP contribution in [0, 0.1) is 6.92 Å². The molecule has 2 aromatic rings. The Bertz CT molecular complexity index is 739. The number of anilines is 1. The molecule has 2 heterocycles. The van der Waals surface area contributed by atoms with Gasteiger partial charge in [-0.05, 0) is 32.4 Å². The van der Waals surface area contributed by atoms with E-state index in [0.717, 1.165) is 20.3 Å². The summed E-state index contributed by atoms with van der Waals surface area (Å²) in [4.78, 5) is 30.9. The number of aromatic nitrogens is 1. The lowest BCUT2D eigenvalue weighted by atomic mass is 10.2. The van der Waals surface area contributed by atoms with E-state index in [0.29, 0.717) is 24.7 Å². The number of carbonyl (C=O) groups excluding carboxylic acids is 2. The fraction of sp³-hybridized carbons (Fsp3) is 0.471. The van der Waals surface area contributed by atoms with E-state index in [1.807, 2.05) is 32.9 Å². The number of aryl methyl sites for hydroxylation is 1. The van der Waals surface area contributed by atoms with Crippen LogP contribution in [0.3, 0.4) is 0 Å². The molecule has 0 aliphatic rings. The largest absolute Gasteiger partial charge is 0.369 e. The van der Waals surface area contributed by atoms with Crippen molar-refractivity contribution >= 4 is 39.6 Å². The van der Waals surface area contributed by atoms with Crippen LogP contribution in [-0.4, -0.2) is 29.5 Å². The number of nitrogens with zero attached hydrogens (tertiary/aromatic N) is 1. The van der Waals surface area contributed by atoms with Crippen molar-refractivity contribution in [3.63, 3.8) is 0 Å². The van der Waals surface area contributed by atoms with Gasteiger partial charge in [-0.15, -0.1) is 22.7 Å². The Balaban J connectivity index is 2.09. The predicted octanol–water partition coefficient (Wildman–Crippen LogP) is 3.57. The van der Waals surface area contributed by atoms with Crippen LogP contribution in [0.4, 0.5) is 5.13 Å². The third kappa shape index (κ3) is 5.35. The summed E-state index contributed by atoms with van der Waals surface area (Å²) in [5.74, 6) is -0.216. The van der Waals surface area contributed by atoms with Gasteiger partial charge < -0.3 is 10.1 Å². The second-order valence-electron chi connectivity index (χ2n) is 5.44. The molecular formula is C17H23N3O3S2. The molecule has 0 radical (unpaired) electrons. The maximum absolute atomic E-state index is 12.2. The fourth-order valence-electron chi connectivity index (χ4n) is 2.26. The van der Waals surface area contributed by atoms with E-state index < -0.39 is 6.10 Å². The number of hydrogen-bond donors (Lipinski definition) is 2. The second-order valence-corrected chi connectivity index (χ2v) is 7.81. The Kier molecular flexibility index (Phi) is 7.10. The highest BCUT2D eigenvalue weighted by Crippen LogP contribution is 2.34. The Hall–Kier alpha value is -1.77. The molecule has 8 heteroatoms. The van der Waals surface area contributed by atoms with Gasteiger partial charge in [0.05, 0.1) is 17.1 Å². The van der Waals surface area contributed by atoms with Crippen molar-refractivity contribution < 1.29 is 14.3 Å². The molecule has 136 valence electrons. The SMILES string of the molecule is CCOC(CC)C(=O)Nc1nc(-c2ccc(CNC(C)=O)s2)c(C)s1. The summed E-state index contributed by atoms with van der Waals surface area (Å²) in [5.41, 5.74) is 0.865. The number of thiazole rings is 1. The van der Waals surface area contributed by atoms with Crippen LogP contribution in [0.1, 0.15) is 36.9 Å². The molecular weight excluding hydrogens is 358 g/mol. The summed E-state index contributed by atoms with van der Waals surface area (Å²) in [7, 11) is 0. The summed E-state index contributed by atoms with van der Waals surface area (Å²) in [5, 5.41) is 6.21. The molecule has 0 aliphatic heterocycles. The normalized spacial score (nSPS) is 12.0. The lowest BCUT2D eigenvalue weighted by Crippen LogP contribution is -2.29. The van der Waals surface area contributed by atoms with Gasteiger partial charge in [-0.3, -0.25) is 14.9 Å². The standard InChI is InChI=1S/C17H23N3O3S2/c1-5-13(23-6-2)16(22)20-17-19-15(10(3)24-17)14-8-7-12(25-14)9-18-11(4)21/h7-8,13H,5-6,9H2,1-4H3,(H,18,21)(H,19,20,22). The molecule has 0 saturated carbocycles. The van der Waals surface area contributed by atoms with Crippen molar-refractivity contribution in [2.24, 2.45) is 0 Å². The highest BCUT2D eigenvalue weighted by Gasteiger charge is 2.19. The van der Waals surface area contributed by atoms with E-state index in [1.54, 1.807) is 11.3 Å². The highest BCUT2D eigenvalue weighted by atomic mass is 32.1. The van der Waals surface area contributed by atoms with Crippen LogP contribution in [0.15, 0.2) is 12.1 Å². The lowest BCUT2D eigenvalue weighted by molar-refractivity contribution is -0.127. The van der Waals surface area contributed by atoms with Gasteiger partial charge in [-0.1, -0.05) is 6.92 Å². The summed E-state index contributed by atoms with van der Waals surface area (Å²) in [6.07, 6.45) is 0.164. The van der Waals surface area contributed by atoms with E-state index in [1.165, 1.54) is 18.3 Å². The zero-order valence-corrected chi connectivity index (χ0v) is 16.5. The van der Waals surface area contributed by atoms with E-state index in [2.05, 4.69) is 15.6 Å². The zero-order chi connectivity index (χ0) is 18.4. The Morgan fingerprint density at radius 1 is 1.28 bits per heavy atom. The number of hydrogen-bond acceptors (Lipinski definition) is 6. The highest BCUT2D eigenvalue weighted by molar-refractivity contribution is 7.18. The zero-order valence-electron chi connectivity index (χ0n) is 14.8. The van der Waals surface area contributed by atoms with Crippen LogP contribution in [0.2, 0.25) is 0 Å². The van der Waals surface area contributed by atoms with Gasteiger partial charge in [-0.2, -0.15) is 0 Å². The van der Waals surface area contributed by atoms with Gasteiger partial charge >= 0.3 is 0 Å². The molecule has 2 amide bonds. The van der Waals surface area contributed by atoms with Crippen molar-refractivity contribution in [2.75, 3.05) is 11.9 Å². The van der Waals surface area contributed by atoms with E-state index >= 15 is 0 Å². The van der Waals surface area contributed by atoms with Crippen LogP contribution >= 0.6 is 22.7 Å². The topological polar surface area (TPSA) is 80.3 Å². The molecule has 0 fully saturated rings. The van der Waals surface area contributed by atoms with E-state index in [9.17, 15) is 9.59 Å². The Labute approximate surface area is 155 Å². The van der Waals surface area contributed by atoms with Crippen LogP contribution in [0.25, 0.3) is 10.6 Å². The van der Waals surface area contributed by atoms with Gasteiger partial charge in [0, 0.05) is 23.3 Å². The van der Waals surface area contributed by atoms with E-state index in [-0.39, 0.29) is 11.8 Å². The smallest absolute Gasteiger partial charge is 0.255 e. The van der Waals surface area contributed by atoms with Gasteiger partial charge in [0.25, 0.3) is 5.91 Å². The quantitative estimate of drug-likeness (QED) is 0.732. The van der Waals surface area contributed by atoms with Crippen LogP contribution in [-0.2, 0) is 20.9 Å². The molecule has 1 atom stereocenters. The monoisotopic (exact) mass is 381 g/mol. The molecule has 0 aliphatic carbocycles. The number of nitrogens with one attached hydrogen (secondary N) is 2. The molecule has 0 saturated heterocycles. The third-order valence-electron chi connectivity index (χ3n) is 3.46. The molecule has 0 spiro atoms. The lowest BCUT2D eigenvalue weighted by Gasteiger charge is -2.13. The minimum atomic E-state index is -0.455. The minimum absolute atomic E-state index is 0.0513. The number of thiophene rings is 1. The van der Waals surface area contributed by atoms with Crippen molar-refractivity contribution in [3.05, 3.63) is 21.9 Å². The molecule has 0 bridgehead atoms. The number of ether oxygens (including phenoxy) is 1. The number of amides is 2.